The van der Waals surface area contributed by atoms with Crippen LogP contribution in [-0.2, 0) is 0 Å². The van der Waals surface area contributed by atoms with Crippen molar-refractivity contribution < 1.29 is 19.6 Å². The van der Waals surface area contributed by atoms with E-state index in [0.29, 0.717) is 0 Å². The smallest absolute Gasteiger partial charge is 0.336 e. The topological polar surface area (TPSA) is 110 Å². The number of nitrogens with zero attached hydrogens (tertiary/aromatic N) is 2. The summed E-state index contributed by atoms with van der Waals surface area (Å²) in [6.45, 7) is 0. The molecule has 0 saturated heterocycles. The minimum absolute atomic E-state index is 0.0516. The van der Waals surface area contributed by atoms with E-state index in [1.807, 2.05) is 0 Å². The molecule has 1 aromatic carbocycles. The maximum absolute atomic E-state index is 12.3. The number of benzene rings is 1. The molecule has 2 rings (SSSR count). The number of aromatic carboxylic acids is 1. The Morgan fingerprint density at radius 1 is 1.15 bits per heavy atom. The summed E-state index contributed by atoms with van der Waals surface area (Å²) >= 11 is 0. The molecular weight excluding hydrogens is 264 g/mol. The van der Waals surface area contributed by atoms with Gasteiger partial charge in [-0.3, -0.25) is 19.9 Å². The van der Waals surface area contributed by atoms with Crippen molar-refractivity contribution in [1.82, 2.24) is 4.98 Å². The van der Waals surface area contributed by atoms with Crippen molar-refractivity contribution in [3.8, 4) is 0 Å². The van der Waals surface area contributed by atoms with E-state index >= 15 is 0 Å². The molecule has 0 saturated carbocycles. The third-order valence-corrected chi connectivity index (χ3v) is 2.59. The Hall–Kier alpha value is -3.09. The summed E-state index contributed by atoms with van der Waals surface area (Å²) in [5, 5.41) is 20.0. The number of nitro groups is 1. The van der Waals surface area contributed by atoms with Crippen molar-refractivity contribution in [2.75, 3.05) is 0 Å². The lowest BCUT2D eigenvalue weighted by atomic mass is 9.99. The highest BCUT2D eigenvalue weighted by Crippen LogP contribution is 2.25. The molecule has 0 radical (unpaired) electrons. The fraction of sp³-hybridized carbons (Fsp3) is 0. The number of ketones is 1. The number of hydrogen-bond acceptors (Lipinski definition) is 5. The van der Waals surface area contributed by atoms with Gasteiger partial charge in [0, 0.05) is 12.3 Å². The lowest BCUT2D eigenvalue weighted by Gasteiger charge is -2.05. The maximum Gasteiger partial charge on any atom is 0.336 e. The van der Waals surface area contributed by atoms with E-state index in [1.165, 1.54) is 24.4 Å². The highest BCUT2D eigenvalue weighted by Gasteiger charge is 2.28. The second kappa shape index (κ2) is 5.27. The predicted molar refractivity (Wildman–Crippen MR) is 67.7 cm³/mol. The molecule has 1 heterocycles. The molecule has 1 N–H and O–H groups in total. The monoisotopic (exact) mass is 272 g/mol. The molecule has 7 nitrogen and oxygen atoms in total. The van der Waals surface area contributed by atoms with Crippen LogP contribution < -0.4 is 0 Å². The van der Waals surface area contributed by atoms with Gasteiger partial charge in [0.05, 0.1) is 10.5 Å². The first kappa shape index (κ1) is 13.3. The molecule has 20 heavy (non-hydrogen) atoms. The number of pyridine rings is 1. The van der Waals surface area contributed by atoms with Crippen LogP contribution >= 0.6 is 0 Å². The average Bonchev–Trinajstić information content (AvgIpc) is 2.46. The van der Waals surface area contributed by atoms with Gasteiger partial charge in [-0.1, -0.05) is 12.1 Å². The average molecular weight is 272 g/mol. The third kappa shape index (κ3) is 2.37. The Balaban J connectivity index is 2.68. The van der Waals surface area contributed by atoms with Gasteiger partial charge in [0.25, 0.3) is 5.69 Å². The van der Waals surface area contributed by atoms with Gasteiger partial charge in [-0.15, -0.1) is 0 Å². The number of aromatic nitrogens is 1. The Morgan fingerprint density at radius 2 is 1.90 bits per heavy atom. The number of carbonyl (C=O) groups is 2. The van der Waals surface area contributed by atoms with Crippen molar-refractivity contribution in [2.45, 2.75) is 0 Å². The summed E-state index contributed by atoms with van der Waals surface area (Å²) in [5.74, 6) is -2.21. The second-order valence-electron chi connectivity index (χ2n) is 3.81. The number of hydrogen-bond donors (Lipinski definition) is 1. The van der Waals surface area contributed by atoms with Crippen LogP contribution in [0, 0.1) is 10.1 Å². The Kier molecular flexibility index (Phi) is 3.52. The molecule has 0 amide bonds. The van der Waals surface area contributed by atoms with Crippen LogP contribution in [0.25, 0.3) is 0 Å². The minimum atomic E-state index is -1.41. The van der Waals surface area contributed by atoms with Gasteiger partial charge in [0.15, 0.2) is 0 Å². The van der Waals surface area contributed by atoms with Crippen molar-refractivity contribution in [1.29, 1.82) is 0 Å². The van der Waals surface area contributed by atoms with Crippen molar-refractivity contribution >= 4 is 17.4 Å². The number of rotatable bonds is 4. The fourth-order valence-electron chi connectivity index (χ4n) is 1.73. The van der Waals surface area contributed by atoms with E-state index < -0.39 is 33.5 Å². The minimum Gasteiger partial charge on any atom is -0.478 e. The highest BCUT2D eigenvalue weighted by atomic mass is 16.6. The molecule has 0 fully saturated rings. The summed E-state index contributed by atoms with van der Waals surface area (Å²) in [7, 11) is 0. The molecule has 0 atom stereocenters. The van der Waals surface area contributed by atoms with Gasteiger partial charge < -0.3 is 5.11 Å². The first-order valence-corrected chi connectivity index (χ1v) is 5.49. The zero-order valence-electron chi connectivity index (χ0n) is 10.0. The van der Waals surface area contributed by atoms with Gasteiger partial charge in [-0.2, -0.15) is 0 Å². The predicted octanol–water partition coefficient (Wildman–Crippen LogP) is 1.92. The normalized spacial score (nSPS) is 10.0. The largest absolute Gasteiger partial charge is 0.478 e. The van der Waals surface area contributed by atoms with Crippen LogP contribution in [0.1, 0.15) is 26.4 Å². The zero-order chi connectivity index (χ0) is 14.7. The molecule has 100 valence electrons. The molecule has 2 aromatic rings. The van der Waals surface area contributed by atoms with Crippen LogP contribution in [-0.4, -0.2) is 26.8 Å². The molecule has 0 unspecified atom stereocenters. The summed E-state index contributed by atoms with van der Waals surface area (Å²) in [6.07, 6.45) is 1.35. The number of nitro benzene ring substituents is 1. The Bertz CT molecular complexity index is 665. The molecule has 1 aromatic heterocycles. The van der Waals surface area contributed by atoms with E-state index in [1.54, 1.807) is 6.07 Å². The van der Waals surface area contributed by atoms with E-state index in [9.17, 15) is 19.7 Å². The number of carboxylic acids is 1. The molecule has 0 aliphatic heterocycles. The van der Waals surface area contributed by atoms with Crippen LogP contribution in [0.3, 0.4) is 0 Å². The molecule has 7 heteroatoms. The Labute approximate surface area is 112 Å². The van der Waals surface area contributed by atoms with Gasteiger partial charge >= 0.3 is 5.97 Å². The molecule has 0 aliphatic rings. The van der Waals surface area contributed by atoms with Gasteiger partial charge in [0.2, 0.25) is 5.78 Å². The van der Waals surface area contributed by atoms with E-state index in [4.69, 9.17) is 5.11 Å². The number of carboxylic acid groups (broad SMARTS) is 1. The standard InChI is InChI=1S/C13H8N2O5/c16-12(9-5-1-2-7-14-9)11-8(13(17)18)4-3-6-10(11)15(19)20/h1-7H,(H,17,18). The van der Waals surface area contributed by atoms with Crippen molar-refractivity contribution in [3.63, 3.8) is 0 Å². The van der Waals surface area contributed by atoms with Gasteiger partial charge in [-0.05, 0) is 18.2 Å². The van der Waals surface area contributed by atoms with E-state index in [2.05, 4.69) is 4.98 Å². The summed E-state index contributed by atoms with van der Waals surface area (Å²) in [4.78, 5) is 37.4. The third-order valence-electron chi connectivity index (χ3n) is 2.59. The lowest BCUT2D eigenvalue weighted by Crippen LogP contribution is -2.13. The number of carbonyl (C=O) groups excluding carboxylic acids is 1. The summed E-state index contributed by atoms with van der Waals surface area (Å²) in [6, 6.07) is 7.93. The SMILES string of the molecule is O=C(O)c1cccc([N+](=O)[O-])c1C(=O)c1ccccn1. The quantitative estimate of drug-likeness (QED) is 0.517. The fourth-order valence-corrected chi connectivity index (χ4v) is 1.73. The van der Waals surface area contributed by atoms with Crippen molar-refractivity contribution in [2.24, 2.45) is 0 Å². The van der Waals surface area contributed by atoms with Crippen LogP contribution in [0.15, 0.2) is 42.6 Å². The summed E-state index contributed by atoms with van der Waals surface area (Å²) < 4.78 is 0. The molecule has 0 spiro atoms. The first-order valence-electron chi connectivity index (χ1n) is 5.49. The molecule has 0 aliphatic carbocycles. The van der Waals surface area contributed by atoms with E-state index in [-0.39, 0.29) is 5.69 Å². The lowest BCUT2D eigenvalue weighted by molar-refractivity contribution is -0.385. The van der Waals surface area contributed by atoms with Gasteiger partial charge in [0.1, 0.15) is 11.3 Å². The summed E-state index contributed by atoms with van der Waals surface area (Å²) in [5.41, 5.74) is -1.50. The first-order chi connectivity index (χ1) is 9.52. The van der Waals surface area contributed by atoms with Gasteiger partial charge in [-0.25, -0.2) is 4.79 Å². The Morgan fingerprint density at radius 3 is 2.45 bits per heavy atom. The molecular formula is C13H8N2O5. The highest BCUT2D eigenvalue weighted by molar-refractivity contribution is 6.15. The van der Waals surface area contributed by atoms with E-state index in [0.717, 1.165) is 12.1 Å². The van der Waals surface area contributed by atoms with Crippen LogP contribution in [0.5, 0.6) is 0 Å². The van der Waals surface area contributed by atoms with Crippen LogP contribution in [0.2, 0.25) is 0 Å². The second-order valence-corrected chi connectivity index (χ2v) is 3.81. The van der Waals surface area contributed by atoms with Crippen LogP contribution in [0.4, 0.5) is 5.69 Å². The van der Waals surface area contributed by atoms with Crippen molar-refractivity contribution in [3.05, 3.63) is 69.5 Å². The maximum atomic E-state index is 12.3. The molecule has 0 bridgehead atoms. The zero-order valence-corrected chi connectivity index (χ0v) is 10.0.